The van der Waals surface area contributed by atoms with Crippen LogP contribution in [0.1, 0.15) is 29.0 Å². The summed E-state index contributed by atoms with van der Waals surface area (Å²) in [6, 6.07) is 1.86. The lowest BCUT2D eigenvalue weighted by atomic mass is 10.0. The molecule has 3 N–H and O–H groups in total. The zero-order valence-corrected chi connectivity index (χ0v) is 16.6. The fourth-order valence-electron chi connectivity index (χ4n) is 3.02. The van der Waals surface area contributed by atoms with E-state index >= 15 is 0 Å². The van der Waals surface area contributed by atoms with Gasteiger partial charge in [0, 0.05) is 26.2 Å². The highest BCUT2D eigenvalue weighted by molar-refractivity contribution is 7.10. The lowest BCUT2D eigenvalue weighted by molar-refractivity contribution is -0.127. The predicted octanol–water partition coefficient (Wildman–Crippen LogP) is 1.09. The van der Waals surface area contributed by atoms with Gasteiger partial charge in [-0.3, -0.25) is 9.59 Å². The number of piperidine rings is 1. The maximum absolute atomic E-state index is 11.9. The van der Waals surface area contributed by atoms with E-state index < -0.39 is 5.91 Å². The van der Waals surface area contributed by atoms with Crippen molar-refractivity contribution in [3.8, 4) is 0 Å². The van der Waals surface area contributed by atoms with Crippen LogP contribution in [0.4, 0.5) is 16.8 Å². The molecule has 0 radical (unpaired) electrons. The van der Waals surface area contributed by atoms with Crippen LogP contribution in [0.25, 0.3) is 0 Å². The Hall–Kier alpha value is -3.08. The first-order valence-electron chi connectivity index (χ1n) is 8.78. The molecule has 1 atom stereocenters. The van der Waals surface area contributed by atoms with Crippen LogP contribution >= 0.6 is 11.5 Å². The molecule has 1 saturated heterocycles. The van der Waals surface area contributed by atoms with Crippen molar-refractivity contribution in [1.82, 2.24) is 24.5 Å². The zero-order chi connectivity index (χ0) is 20.3. The highest BCUT2D eigenvalue weighted by Gasteiger charge is 2.27. The zero-order valence-electron chi connectivity index (χ0n) is 15.8. The summed E-state index contributed by atoms with van der Waals surface area (Å²) in [5.41, 5.74) is 6.21. The van der Waals surface area contributed by atoms with E-state index in [1.54, 1.807) is 4.90 Å². The van der Waals surface area contributed by atoms with Crippen molar-refractivity contribution in [1.29, 1.82) is 0 Å². The van der Waals surface area contributed by atoms with Gasteiger partial charge >= 0.3 is 0 Å². The van der Waals surface area contributed by atoms with Crippen LogP contribution in [0.2, 0.25) is 0 Å². The summed E-state index contributed by atoms with van der Waals surface area (Å²) in [7, 11) is 1.84. The number of aromatic nitrogens is 4. The molecular weight excluding hydrogens is 380 g/mol. The van der Waals surface area contributed by atoms with E-state index in [0.29, 0.717) is 19.0 Å². The lowest BCUT2D eigenvalue weighted by Gasteiger charge is -2.37. The topological polar surface area (TPSA) is 130 Å². The molecule has 0 spiro atoms. The number of amides is 2. The number of carbonyl (C=O) groups excluding carboxylic acids is 2. The minimum atomic E-state index is -0.724. The van der Waals surface area contributed by atoms with Gasteiger partial charge in [-0.15, -0.1) is 10.2 Å². The highest BCUT2D eigenvalue weighted by Crippen LogP contribution is 2.24. The van der Waals surface area contributed by atoms with Gasteiger partial charge in [0.15, 0.2) is 11.5 Å². The Kier molecular flexibility index (Phi) is 5.83. The molecule has 3 rings (SSSR count). The van der Waals surface area contributed by atoms with E-state index in [-0.39, 0.29) is 23.5 Å². The first-order valence-corrected chi connectivity index (χ1v) is 9.55. The number of likely N-dealkylation sites (tertiary alicyclic amines) is 1. The lowest BCUT2D eigenvalue weighted by Crippen LogP contribution is -2.48. The van der Waals surface area contributed by atoms with Gasteiger partial charge in [0.2, 0.25) is 11.9 Å². The molecule has 0 bridgehead atoms. The Bertz CT molecular complexity index is 899. The van der Waals surface area contributed by atoms with Gasteiger partial charge in [-0.05, 0) is 43.4 Å². The third-order valence-corrected chi connectivity index (χ3v) is 5.32. The molecule has 1 fully saturated rings. The van der Waals surface area contributed by atoms with Gasteiger partial charge in [-0.25, -0.2) is 0 Å². The monoisotopic (exact) mass is 402 g/mol. The van der Waals surface area contributed by atoms with Gasteiger partial charge in [-0.2, -0.15) is 9.36 Å². The summed E-state index contributed by atoms with van der Waals surface area (Å²) in [6.07, 6.45) is 3.07. The van der Waals surface area contributed by atoms with Crippen LogP contribution < -0.4 is 16.0 Å². The second-order valence-electron chi connectivity index (χ2n) is 6.53. The van der Waals surface area contributed by atoms with Crippen LogP contribution in [-0.4, -0.2) is 62.4 Å². The number of nitrogens with zero attached hydrogens (tertiary/aromatic N) is 6. The number of aryl methyl sites for hydroxylation is 1. The van der Waals surface area contributed by atoms with E-state index in [0.717, 1.165) is 23.5 Å². The molecule has 0 saturated carbocycles. The van der Waals surface area contributed by atoms with E-state index in [4.69, 9.17) is 5.73 Å². The van der Waals surface area contributed by atoms with Gasteiger partial charge in [-0.1, -0.05) is 6.58 Å². The maximum atomic E-state index is 11.9. The predicted molar refractivity (Wildman–Crippen MR) is 107 cm³/mol. The van der Waals surface area contributed by atoms with Crippen molar-refractivity contribution in [2.75, 3.05) is 30.4 Å². The molecule has 10 nitrogen and oxygen atoms in total. The Balaban J connectivity index is 1.84. The molecule has 1 aliphatic rings. The summed E-state index contributed by atoms with van der Waals surface area (Å²) < 4.78 is 4.19. The van der Waals surface area contributed by atoms with Crippen LogP contribution in [0.5, 0.6) is 0 Å². The van der Waals surface area contributed by atoms with E-state index in [1.165, 1.54) is 17.6 Å². The quantitative estimate of drug-likeness (QED) is 0.687. The molecule has 2 aromatic heterocycles. The average Bonchev–Trinajstić information content (AvgIpc) is 3.11. The third-order valence-electron chi connectivity index (χ3n) is 4.52. The van der Waals surface area contributed by atoms with Crippen LogP contribution in [0.3, 0.4) is 0 Å². The van der Waals surface area contributed by atoms with Crippen molar-refractivity contribution in [2.24, 2.45) is 5.73 Å². The van der Waals surface area contributed by atoms with E-state index in [9.17, 15) is 9.59 Å². The van der Waals surface area contributed by atoms with Crippen molar-refractivity contribution >= 4 is 40.1 Å². The van der Waals surface area contributed by atoms with Crippen molar-refractivity contribution in [3.05, 3.63) is 30.1 Å². The third kappa shape index (κ3) is 4.25. The van der Waals surface area contributed by atoms with E-state index in [2.05, 4.69) is 31.5 Å². The molecule has 0 aromatic carbocycles. The van der Waals surface area contributed by atoms with Gasteiger partial charge in [0.05, 0.1) is 5.69 Å². The minimum Gasteiger partial charge on any atom is -0.364 e. The number of carbonyl (C=O) groups is 2. The molecule has 28 heavy (non-hydrogen) atoms. The van der Waals surface area contributed by atoms with Crippen LogP contribution in [-0.2, 0) is 4.79 Å². The number of anilines is 3. The SMILES string of the molecule is C=CC(=O)N1CCC[C@@H](N(C)c2nnc(C(N)=O)c(Nc3cc(C)ns3)n2)C1. The Morgan fingerprint density at radius 1 is 1.46 bits per heavy atom. The molecule has 0 unspecified atom stereocenters. The van der Waals surface area contributed by atoms with Crippen molar-refractivity contribution in [3.63, 3.8) is 0 Å². The fourth-order valence-corrected chi connectivity index (χ4v) is 3.68. The van der Waals surface area contributed by atoms with Gasteiger partial charge < -0.3 is 20.9 Å². The first kappa shape index (κ1) is 19.7. The Morgan fingerprint density at radius 3 is 2.89 bits per heavy atom. The number of nitrogens with one attached hydrogen (secondary N) is 1. The van der Waals surface area contributed by atoms with Crippen LogP contribution in [0, 0.1) is 6.92 Å². The number of nitrogens with two attached hydrogens (primary N) is 1. The van der Waals surface area contributed by atoms with Crippen LogP contribution in [0.15, 0.2) is 18.7 Å². The molecule has 11 heteroatoms. The second kappa shape index (κ2) is 8.30. The average molecular weight is 402 g/mol. The summed E-state index contributed by atoms with van der Waals surface area (Å²) in [5.74, 6) is -0.253. The molecule has 1 aliphatic heterocycles. The smallest absolute Gasteiger partial charge is 0.273 e. The Morgan fingerprint density at radius 2 is 2.25 bits per heavy atom. The van der Waals surface area contributed by atoms with Crippen molar-refractivity contribution in [2.45, 2.75) is 25.8 Å². The number of rotatable bonds is 6. The summed E-state index contributed by atoms with van der Waals surface area (Å²) in [5, 5.41) is 11.8. The molecular formula is C17H22N8O2S. The highest BCUT2D eigenvalue weighted by atomic mass is 32.1. The molecule has 3 heterocycles. The van der Waals surface area contributed by atoms with E-state index in [1.807, 2.05) is 24.9 Å². The molecule has 2 amide bonds. The maximum Gasteiger partial charge on any atom is 0.273 e. The molecule has 148 valence electrons. The van der Waals surface area contributed by atoms with Gasteiger partial charge in [0.1, 0.15) is 5.00 Å². The summed E-state index contributed by atoms with van der Waals surface area (Å²) in [4.78, 5) is 31.7. The van der Waals surface area contributed by atoms with Crippen molar-refractivity contribution < 1.29 is 9.59 Å². The summed E-state index contributed by atoms with van der Waals surface area (Å²) >= 11 is 1.24. The first-order chi connectivity index (χ1) is 13.4. The largest absolute Gasteiger partial charge is 0.364 e. The standard InChI is InChI=1S/C17H22N8O2S/c1-4-13(26)25-7-5-6-11(9-25)24(3)17-20-16(14(15(18)27)21-22-17)19-12-8-10(2)23-28-12/h4,8,11H,1,5-7,9H2,2-3H3,(H2,18,27)(H,19,20,22)/t11-/m1/s1. The number of primary amides is 1. The number of hydrogen-bond donors (Lipinski definition) is 2. The Labute approximate surface area is 166 Å². The normalized spacial score (nSPS) is 16.5. The summed E-state index contributed by atoms with van der Waals surface area (Å²) in [6.45, 7) is 6.66. The molecule has 0 aliphatic carbocycles. The second-order valence-corrected chi connectivity index (χ2v) is 7.33. The molecule has 2 aromatic rings. The number of hydrogen-bond acceptors (Lipinski definition) is 9. The fraction of sp³-hybridized carbons (Fsp3) is 0.412. The van der Waals surface area contributed by atoms with Gasteiger partial charge in [0.25, 0.3) is 5.91 Å². The number of likely N-dealkylation sites (N-methyl/N-ethyl adjacent to an activating group) is 1. The minimum absolute atomic E-state index is 0.0253.